The Morgan fingerprint density at radius 1 is 1.19 bits per heavy atom. The molecule has 1 aliphatic heterocycles. The molecule has 2 aliphatic rings. The maximum atomic E-state index is 6.56. The van der Waals surface area contributed by atoms with E-state index in [0.29, 0.717) is 11.1 Å². The predicted molar refractivity (Wildman–Crippen MR) is 117 cm³/mol. The molecule has 1 aromatic heterocycles. The normalized spacial score (nSPS) is 23.9. The average Bonchev–Trinajstić information content (AvgIpc) is 3.15. The van der Waals surface area contributed by atoms with Crippen LogP contribution in [0.25, 0.3) is 10.2 Å². The summed E-state index contributed by atoms with van der Waals surface area (Å²) in [7, 11) is 0. The Morgan fingerprint density at radius 2 is 2.04 bits per heavy atom. The monoisotopic (exact) mass is 402 g/mol. The number of guanidine groups is 1. The second-order valence-electron chi connectivity index (χ2n) is 7.71. The van der Waals surface area contributed by atoms with Crippen LogP contribution in [0.3, 0.4) is 0 Å². The lowest BCUT2D eigenvalue weighted by Gasteiger charge is -2.29. The molecule has 1 aromatic carbocycles. The van der Waals surface area contributed by atoms with E-state index in [0.717, 1.165) is 34.7 Å². The van der Waals surface area contributed by atoms with Crippen LogP contribution in [0.2, 0.25) is 0 Å². The summed E-state index contributed by atoms with van der Waals surface area (Å²) in [6, 6.07) is 6.38. The molecule has 0 saturated heterocycles. The first-order valence-electron chi connectivity index (χ1n) is 10.1. The molecule has 4 nitrogen and oxygen atoms in total. The van der Waals surface area contributed by atoms with Crippen molar-refractivity contribution in [3.05, 3.63) is 23.7 Å². The van der Waals surface area contributed by atoms with E-state index >= 15 is 0 Å². The van der Waals surface area contributed by atoms with E-state index in [1.54, 1.807) is 11.3 Å². The van der Waals surface area contributed by atoms with Gasteiger partial charge >= 0.3 is 0 Å². The number of halogens is 1. The number of aromatic nitrogens is 1. The van der Waals surface area contributed by atoms with Crippen molar-refractivity contribution in [1.29, 1.82) is 0 Å². The smallest absolute Gasteiger partial charge is 0.223 e. The van der Waals surface area contributed by atoms with Crippen molar-refractivity contribution in [3.8, 4) is 0 Å². The third kappa shape index (κ3) is 4.52. The molecule has 0 bridgehead atoms. The van der Waals surface area contributed by atoms with Crippen molar-refractivity contribution in [2.24, 2.45) is 21.8 Å². The van der Waals surface area contributed by atoms with Gasteiger partial charge in [-0.1, -0.05) is 50.6 Å². The van der Waals surface area contributed by atoms with Crippen molar-refractivity contribution in [3.63, 3.8) is 0 Å². The minimum atomic E-state index is 0.233. The van der Waals surface area contributed by atoms with Gasteiger partial charge in [-0.3, -0.25) is 0 Å². The molecule has 4 rings (SSSR count). The highest BCUT2D eigenvalue weighted by Gasteiger charge is 2.29. The van der Waals surface area contributed by atoms with Gasteiger partial charge in [-0.15, -0.1) is 11.3 Å². The van der Waals surface area contributed by atoms with Gasteiger partial charge in [-0.05, 0) is 43.4 Å². The van der Waals surface area contributed by atoms with Crippen LogP contribution in [0.4, 0.5) is 5.69 Å². The van der Waals surface area contributed by atoms with E-state index in [2.05, 4.69) is 28.3 Å². The Kier molecular flexibility index (Phi) is 6.08. The summed E-state index contributed by atoms with van der Waals surface area (Å²) >= 11 is 8.20. The van der Waals surface area contributed by atoms with Crippen LogP contribution in [-0.4, -0.2) is 22.2 Å². The number of hydrogen-bond acceptors (Lipinski definition) is 5. The van der Waals surface area contributed by atoms with E-state index in [9.17, 15) is 0 Å². The first kappa shape index (κ1) is 18.9. The summed E-state index contributed by atoms with van der Waals surface area (Å²) in [6.45, 7) is 2.18. The molecule has 2 aromatic rings. The molecule has 0 spiro atoms. The summed E-state index contributed by atoms with van der Waals surface area (Å²) < 4.78 is 1.16. The zero-order valence-electron chi connectivity index (χ0n) is 15.8. The number of nitrogens with zero attached hydrogens (tertiary/aromatic N) is 3. The number of aliphatic imine (C=N–C) groups is 2. The van der Waals surface area contributed by atoms with E-state index in [4.69, 9.17) is 16.6 Å². The Balaban J connectivity index is 1.47. The molecule has 2 unspecified atom stereocenters. The first-order chi connectivity index (χ1) is 13.2. The zero-order valence-corrected chi connectivity index (χ0v) is 17.4. The van der Waals surface area contributed by atoms with Crippen molar-refractivity contribution in [2.75, 3.05) is 5.32 Å². The summed E-state index contributed by atoms with van der Waals surface area (Å²) in [5.74, 6) is 1.77. The Bertz CT molecular complexity index is 838. The van der Waals surface area contributed by atoms with E-state index < -0.39 is 0 Å². The fourth-order valence-electron chi connectivity index (χ4n) is 4.33. The van der Waals surface area contributed by atoms with Gasteiger partial charge in [0.1, 0.15) is 5.17 Å². The molecular formula is C21H27ClN4S. The quantitative estimate of drug-likeness (QED) is 0.622. The van der Waals surface area contributed by atoms with E-state index in [-0.39, 0.29) is 12.0 Å². The lowest BCUT2D eigenvalue weighted by atomic mass is 9.83. The number of fused-ring (bicyclic) bond motifs is 1. The highest BCUT2D eigenvalue weighted by molar-refractivity contribution is 7.16. The molecule has 2 atom stereocenters. The van der Waals surface area contributed by atoms with Crippen molar-refractivity contribution >= 4 is 50.0 Å². The van der Waals surface area contributed by atoms with Gasteiger partial charge in [0, 0.05) is 11.6 Å². The van der Waals surface area contributed by atoms with Gasteiger partial charge in [-0.25, -0.2) is 15.0 Å². The molecule has 2 heterocycles. The average molecular weight is 403 g/mol. The van der Waals surface area contributed by atoms with Gasteiger partial charge in [0.05, 0.1) is 21.8 Å². The Morgan fingerprint density at radius 3 is 2.85 bits per heavy atom. The van der Waals surface area contributed by atoms with Gasteiger partial charge in [-0.2, -0.15) is 0 Å². The fraction of sp³-hybridized carbons (Fsp3) is 0.571. The second-order valence-corrected chi connectivity index (χ2v) is 8.98. The van der Waals surface area contributed by atoms with Crippen LogP contribution in [-0.2, 0) is 0 Å². The van der Waals surface area contributed by atoms with Crippen molar-refractivity contribution in [2.45, 2.75) is 64.3 Å². The lowest BCUT2D eigenvalue weighted by Crippen LogP contribution is -2.32. The van der Waals surface area contributed by atoms with Crippen molar-refractivity contribution in [1.82, 2.24) is 4.98 Å². The largest absolute Gasteiger partial charge is 0.324 e. The standard InChI is InChI=1S/C21H27ClN4S/c1-2-16-17(10-8-14-6-4-3-5-7-14)25-21(26-20(16)22)24-15-9-11-18-19(12-15)27-13-23-18/h9,11-14,16-17H,2-8,10H2,1H3,(H,24,25). The first-order valence-corrected chi connectivity index (χ1v) is 11.4. The summed E-state index contributed by atoms with van der Waals surface area (Å²) in [5.41, 5.74) is 3.88. The summed E-state index contributed by atoms with van der Waals surface area (Å²) in [5, 5.41) is 4.06. The Labute approximate surface area is 170 Å². The number of hydrogen-bond donors (Lipinski definition) is 1. The minimum Gasteiger partial charge on any atom is -0.324 e. The van der Waals surface area contributed by atoms with Crippen molar-refractivity contribution < 1.29 is 0 Å². The van der Waals surface area contributed by atoms with Crippen LogP contribution >= 0.6 is 22.9 Å². The molecule has 1 saturated carbocycles. The van der Waals surface area contributed by atoms with E-state index in [1.165, 1.54) is 38.5 Å². The number of thiazole rings is 1. The van der Waals surface area contributed by atoms with E-state index in [1.807, 2.05) is 17.6 Å². The number of nitrogens with one attached hydrogen (secondary N) is 1. The maximum Gasteiger partial charge on any atom is 0.223 e. The predicted octanol–water partition coefficient (Wildman–Crippen LogP) is 6.47. The number of anilines is 1. The molecule has 1 aliphatic carbocycles. The molecule has 144 valence electrons. The lowest BCUT2D eigenvalue weighted by molar-refractivity contribution is 0.314. The van der Waals surface area contributed by atoms with Gasteiger partial charge in [0.15, 0.2) is 0 Å². The molecule has 6 heteroatoms. The van der Waals surface area contributed by atoms with Crippen LogP contribution in [0.1, 0.15) is 58.3 Å². The minimum absolute atomic E-state index is 0.233. The molecule has 0 radical (unpaired) electrons. The summed E-state index contributed by atoms with van der Waals surface area (Å²) in [6.07, 6.45) is 10.3. The van der Waals surface area contributed by atoms with Crippen LogP contribution < -0.4 is 5.32 Å². The molecule has 27 heavy (non-hydrogen) atoms. The van der Waals surface area contributed by atoms with Gasteiger partial charge in [0.25, 0.3) is 0 Å². The summed E-state index contributed by atoms with van der Waals surface area (Å²) in [4.78, 5) is 13.8. The third-order valence-electron chi connectivity index (χ3n) is 5.89. The Hall–Kier alpha value is -1.46. The third-order valence-corrected chi connectivity index (χ3v) is 7.05. The van der Waals surface area contributed by atoms with Crippen LogP contribution in [0.15, 0.2) is 33.7 Å². The highest BCUT2D eigenvalue weighted by Crippen LogP contribution is 2.32. The molecule has 1 fully saturated rings. The molecule has 0 amide bonds. The van der Waals surface area contributed by atoms with Gasteiger partial charge in [0.2, 0.25) is 5.96 Å². The molecule has 1 N–H and O–H groups in total. The number of rotatable bonds is 5. The second kappa shape index (κ2) is 8.70. The fourth-order valence-corrected chi connectivity index (χ4v) is 5.43. The van der Waals surface area contributed by atoms with Crippen LogP contribution in [0, 0.1) is 11.8 Å². The topological polar surface area (TPSA) is 49.6 Å². The number of benzene rings is 1. The van der Waals surface area contributed by atoms with Crippen LogP contribution in [0.5, 0.6) is 0 Å². The zero-order chi connectivity index (χ0) is 18.6. The molecular weight excluding hydrogens is 376 g/mol. The maximum absolute atomic E-state index is 6.56. The van der Waals surface area contributed by atoms with Gasteiger partial charge < -0.3 is 5.32 Å². The SMILES string of the molecule is CCC1C(Cl)=NC(Nc2ccc3ncsc3c2)=NC1CCC1CCCCC1. The highest BCUT2D eigenvalue weighted by atomic mass is 35.5.